The number of carboxylic acid groups (broad SMARTS) is 1. The third kappa shape index (κ3) is 4.57. The van der Waals surface area contributed by atoms with Crippen molar-refractivity contribution in [1.82, 2.24) is 4.90 Å². The molecule has 1 amide bonds. The zero-order chi connectivity index (χ0) is 13.5. The van der Waals surface area contributed by atoms with Crippen LogP contribution in [0.4, 0.5) is 0 Å². The Kier molecular flexibility index (Phi) is 5.35. The number of hydrogen-bond donors (Lipinski definition) is 1. The Morgan fingerprint density at radius 2 is 2.06 bits per heavy atom. The summed E-state index contributed by atoms with van der Waals surface area (Å²) < 4.78 is 4.98. The van der Waals surface area contributed by atoms with Gasteiger partial charge in [0.05, 0.1) is 0 Å². The molecule has 1 atom stereocenters. The molecule has 1 heterocycles. The lowest BCUT2D eigenvalue weighted by Crippen LogP contribution is -2.40. The molecule has 1 N–H and O–H groups in total. The average molecular weight is 255 g/mol. The second-order valence-electron chi connectivity index (χ2n) is 4.11. The highest BCUT2D eigenvalue weighted by Gasteiger charge is 2.23. The van der Waals surface area contributed by atoms with E-state index in [4.69, 9.17) is 9.84 Å². The van der Waals surface area contributed by atoms with Gasteiger partial charge in [-0.15, -0.1) is 0 Å². The van der Waals surface area contributed by atoms with Crippen LogP contribution in [0.15, 0.2) is 12.2 Å². The number of rotatable bonds is 4. The van der Waals surface area contributed by atoms with Crippen LogP contribution in [0.2, 0.25) is 0 Å². The number of ether oxygens (including phenoxy) is 1. The van der Waals surface area contributed by atoms with Gasteiger partial charge in [0, 0.05) is 25.1 Å². The topological polar surface area (TPSA) is 83.9 Å². The molecule has 1 fully saturated rings. The minimum Gasteiger partial charge on any atom is -0.478 e. The first-order valence-electron chi connectivity index (χ1n) is 5.92. The number of carbonyl (C=O) groups excluding carboxylic acids is 2. The number of hydrogen-bond acceptors (Lipinski definition) is 4. The van der Waals surface area contributed by atoms with Gasteiger partial charge in [0.25, 0.3) is 0 Å². The smallest absolute Gasteiger partial charge is 0.332 e. The van der Waals surface area contributed by atoms with E-state index in [0.717, 1.165) is 25.3 Å². The van der Waals surface area contributed by atoms with Gasteiger partial charge in [0.1, 0.15) is 0 Å². The van der Waals surface area contributed by atoms with Crippen LogP contribution in [0, 0.1) is 0 Å². The predicted molar refractivity (Wildman–Crippen MR) is 62.5 cm³/mol. The molecule has 0 aromatic carbocycles. The number of carboxylic acids is 1. The molecule has 0 radical (unpaired) electrons. The average Bonchev–Trinajstić information content (AvgIpc) is 2.51. The fourth-order valence-corrected chi connectivity index (χ4v) is 1.80. The molecule has 100 valence electrons. The van der Waals surface area contributed by atoms with Gasteiger partial charge in [-0.05, 0) is 19.8 Å². The molecule has 18 heavy (non-hydrogen) atoms. The van der Waals surface area contributed by atoms with E-state index in [1.807, 2.05) is 0 Å². The molecule has 0 aliphatic carbocycles. The van der Waals surface area contributed by atoms with Gasteiger partial charge in [-0.3, -0.25) is 4.79 Å². The van der Waals surface area contributed by atoms with Crippen LogP contribution >= 0.6 is 0 Å². The molecular formula is C12H17NO5. The largest absolute Gasteiger partial charge is 0.478 e. The summed E-state index contributed by atoms with van der Waals surface area (Å²) in [6.45, 7) is 2.17. The number of amides is 1. The monoisotopic (exact) mass is 255 g/mol. The zero-order valence-electron chi connectivity index (χ0n) is 10.3. The molecule has 0 saturated carbocycles. The third-order valence-electron chi connectivity index (χ3n) is 2.70. The van der Waals surface area contributed by atoms with Gasteiger partial charge < -0.3 is 14.7 Å². The maximum absolute atomic E-state index is 11.7. The fourth-order valence-electron chi connectivity index (χ4n) is 1.80. The van der Waals surface area contributed by atoms with E-state index in [-0.39, 0.29) is 5.91 Å². The van der Waals surface area contributed by atoms with Gasteiger partial charge >= 0.3 is 11.9 Å². The molecule has 0 aromatic heterocycles. The van der Waals surface area contributed by atoms with Crippen molar-refractivity contribution in [1.29, 1.82) is 0 Å². The van der Waals surface area contributed by atoms with Gasteiger partial charge in [-0.1, -0.05) is 6.42 Å². The minimum atomic E-state index is -1.22. The standard InChI is InChI=1S/C12H17NO5/c1-9(18-12(17)7-6-11(15)16)13-8-4-2-3-5-10(13)14/h6-7,9H,2-5,8H2,1H3,(H,15,16)/b7-6-. The van der Waals surface area contributed by atoms with E-state index >= 15 is 0 Å². The molecular weight excluding hydrogens is 238 g/mol. The highest BCUT2D eigenvalue weighted by Crippen LogP contribution is 2.14. The molecule has 1 aliphatic heterocycles. The van der Waals surface area contributed by atoms with Crippen LogP contribution in [-0.4, -0.2) is 40.6 Å². The first-order valence-corrected chi connectivity index (χ1v) is 5.92. The SMILES string of the molecule is CC(OC(=O)/C=C\C(=O)O)N1CCCCCC1=O. The van der Waals surface area contributed by atoms with Crippen molar-refractivity contribution in [3.8, 4) is 0 Å². The summed E-state index contributed by atoms with van der Waals surface area (Å²) in [6.07, 6.45) is 4.07. The van der Waals surface area contributed by atoms with Crippen molar-refractivity contribution in [2.75, 3.05) is 6.54 Å². The Bertz CT molecular complexity index is 363. The molecule has 0 spiro atoms. The van der Waals surface area contributed by atoms with E-state index in [1.165, 1.54) is 4.90 Å². The number of likely N-dealkylation sites (tertiary alicyclic amines) is 1. The van der Waals surface area contributed by atoms with E-state index in [0.29, 0.717) is 19.0 Å². The van der Waals surface area contributed by atoms with E-state index in [1.54, 1.807) is 6.92 Å². The molecule has 6 heteroatoms. The van der Waals surface area contributed by atoms with Gasteiger partial charge in [0.2, 0.25) is 5.91 Å². The summed E-state index contributed by atoms with van der Waals surface area (Å²) in [7, 11) is 0. The highest BCUT2D eigenvalue weighted by atomic mass is 16.6. The normalized spacial score (nSPS) is 18.5. The van der Waals surface area contributed by atoms with E-state index in [2.05, 4.69) is 0 Å². The Hall–Kier alpha value is -1.85. The van der Waals surface area contributed by atoms with Gasteiger partial charge in [-0.25, -0.2) is 9.59 Å². The molecule has 1 aliphatic rings. The van der Waals surface area contributed by atoms with Crippen LogP contribution < -0.4 is 0 Å². The minimum absolute atomic E-state index is 0.0324. The third-order valence-corrected chi connectivity index (χ3v) is 2.70. The van der Waals surface area contributed by atoms with Crippen LogP contribution in [-0.2, 0) is 19.1 Å². The van der Waals surface area contributed by atoms with Crippen molar-refractivity contribution in [3.63, 3.8) is 0 Å². The first-order chi connectivity index (χ1) is 8.50. The van der Waals surface area contributed by atoms with Gasteiger partial charge in [-0.2, -0.15) is 0 Å². The molecule has 1 rings (SSSR count). The molecule has 0 aromatic rings. The number of nitrogens with zero attached hydrogens (tertiary/aromatic N) is 1. The van der Waals surface area contributed by atoms with Crippen LogP contribution in [0.1, 0.15) is 32.6 Å². The second kappa shape index (κ2) is 6.78. The predicted octanol–water partition coefficient (Wildman–Crippen LogP) is 0.919. The van der Waals surface area contributed by atoms with Crippen LogP contribution in [0.3, 0.4) is 0 Å². The van der Waals surface area contributed by atoms with Crippen molar-refractivity contribution in [2.24, 2.45) is 0 Å². The quantitative estimate of drug-likeness (QED) is 0.596. The summed E-state index contributed by atoms with van der Waals surface area (Å²) >= 11 is 0. The summed E-state index contributed by atoms with van der Waals surface area (Å²) in [5.41, 5.74) is 0. The van der Waals surface area contributed by atoms with Crippen molar-refractivity contribution < 1.29 is 24.2 Å². The Morgan fingerprint density at radius 1 is 1.33 bits per heavy atom. The van der Waals surface area contributed by atoms with Crippen LogP contribution in [0.5, 0.6) is 0 Å². The van der Waals surface area contributed by atoms with Gasteiger partial charge in [0.15, 0.2) is 6.23 Å². The number of carbonyl (C=O) groups is 3. The van der Waals surface area contributed by atoms with Crippen molar-refractivity contribution >= 4 is 17.8 Å². The number of esters is 1. The Morgan fingerprint density at radius 3 is 2.72 bits per heavy atom. The molecule has 0 bridgehead atoms. The Labute approximate surface area is 105 Å². The summed E-state index contributed by atoms with van der Waals surface area (Å²) in [5, 5.41) is 8.37. The Balaban J connectivity index is 2.52. The van der Waals surface area contributed by atoms with E-state index < -0.39 is 18.2 Å². The summed E-state index contributed by atoms with van der Waals surface area (Å²) in [6, 6.07) is 0. The lowest BCUT2D eigenvalue weighted by molar-refractivity contribution is -0.158. The maximum Gasteiger partial charge on any atom is 0.332 e. The van der Waals surface area contributed by atoms with Crippen molar-refractivity contribution in [2.45, 2.75) is 38.8 Å². The first kappa shape index (κ1) is 14.2. The maximum atomic E-state index is 11.7. The fraction of sp³-hybridized carbons (Fsp3) is 0.583. The lowest BCUT2D eigenvalue weighted by atomic mass is 10.2. The van der Waals surface area contributed by atoms with Crippen LogP contribution in [0.25, 0.3) is 0 Å². The van der Waals surface area contributed by atoms with E-state index in [9.17, 15) is 14.4 Å². The molecule has 1 unspecified atom stereocenters. The number of aliphatic carboxylic acids is 1. The van der Waals surface area contributed by atoms with Crippen molar-refractivity contribution in [3.05, 3.63) is 12.2 Å². The summed E-state index contributed by atoms with van der Waals surface area (Å²) in [5.74, 6) is -2.01. The molecule has 1 saturated heterocycles. The summed E-state index contributed by atoms with van der Waals surface area (Å²) in [4.78, 5) is 34.8. The lowest BCUT2D eigenvalue weighted by Gasteiger charge is -2.27. The molecule has 6 nitrogen and oxygen atoms in total. The zero-order valence-corrected chi connectivity index (χ0v) is 10.3. The second-order valence-corrected chi connectivity index (χ2v) is 4.11. The highest BCUT2D eigenvalue weighted by molar-refractivity contribution is 5.90.